The maximum Gasteiger partial charge on any atom is 0.157 e. The van der Waals surface area contributed by atoms with E-state index in [4.69, 9.17) is 11.5 Å². The summed E-state index contributed by atoms with van der Waals surface area (Å²) >= 11 is 0. The normalized spacial score (nSPS) is 16.2. The molecule has 9 heteroatoms. The Kier molecular flexibility index (Phi) is 8.12. The van der Waals surface area contributed by atoms with Gasteiger partial charge in [0, 0.05) is 61.6 Å². The summed E-state index contributed by atoms with van der Waals surface area (Å²) in [5, 5.41) is 18.8. The van der Waals surface area contributed by atoms with Crippen LogP contribution in [0.1, 0.15) is 29.7 Å². The Morgan fingerprint density at radius 3 is 2.71 bits per heavy atom. The van der Waals surface area contributed by atoms with Gasteiger partial charge < -0.3 is 26.8 Å². The second kappa shape index (κ2) is 11.0. The van der Waals surface area contributed by atoms with Crippen LogP contribution >= 0.6 is 0 Å². The number of hydrogen-bond donors (Lipinski definition) is 4. The minimum absolute atomic E-state index is 0.233. The van der Waals surface area contributed by atoms with E-state index in [1.165, 1.54) is 12.4 Å². The lowest BCUT2D eigenvalue weighted by Crippen LogP contribution is -2.46. The molecule has 1 saturated carbocycles. The van der Waals surface area contributed by atoms with E-state index in [1.54, 1.807) is 29.9 Å². The summed E-state index contributed by atoms with van der Waals surface area (Å²) in [6.07, 6.45) is 5.21. The molecular weight excluding hydrogens is 440 g/mol. The summed E-state index contributed by atoms with van der Waals surface area (Å²) in [5.74, 6) is 6.39. The molecular formula is C26H34N8O. The van der Waals surface area contributed by atoms with Crippen molar-refractivity contribution in [1.82, 2.24) is 15.1 Å². The molecule has 1 fully saturated rings. The zero-order chi connectivity index (χ0) is 25.6. The van der Waals surface area contributed by atoms with Crippen molar-refractivity contribution in [3.63, 3.8) is 0 Å². The van der Waals surface area contributed by atoms with Crippen molar-refractivity contribution < 1.29 is 5.11 Å². The highest BCUT2D eigenvalue weighted by Crippen LogP contribution is 2.44. The Bertz CT molecular complexity index is 1200. The van der Waals surface area contributed by atoms with E-state index in [-0.39, 0.29) is 12.1 Å². The molecule has 0 radical (unpaired) electrons. The van der Waals surface area contributed by atoms with Crippen molar-refractivity contribution >= 4 is 24.3 Å². The molecule has 0 amide bonds. The maximum atomic E-state index is 11.5. The average molecular weight is 475 g/mol. The SMILES string of the molecule is C=NCC(C#Cc1ccnn1C)N(c1ccc(C2(N)CC2)cc1C(=C)NC)C(O)/C(C=NC)=C/N. The molecule has 0 aliphatic heterocycles. The van der Waals surface area contributed by atoms with Crippen molar-refractivity contribution in [2.24, 2.45) is 28.5 Å². The summed E-state index contributed by atoms with van der Waals surface area (Å²) in [6, 6.07) is 7.21. The molecule has 0 saturated heterocycles. The Hall–Kier alpha value is -3.87. The molecule has 0 bridgehead atoms. The molecule has 6 N–H and O–H groups in total. The molecule has 1 aromatic heterocycles. The number of nitrogens with two attached hydrogens (primary N) is 2. The molecule has 9 nitrogen and oxygen atoms in total. The standard InChI is InChI=1S/C26H34N8O/c1-18(31-4)23-14-20(26(28)11-12-26)6-9-24(23)34(25(35)19(15-27)16-29-2)22(17-30-3)8-7-21-10-13-32-33(21)5/h6,9-10,13-16,22,25,31,35H,1,3,11-12,17,27-28H2,2,4-5H3/b19-15+,29-16?. The second-order valence-corrected chi connectivity index (χ2v) is 8.48. The van der Waals surface area contributed by atoms with Gasteiger partial charge in [-0.1, -0.05) is 18.6 Å². The zero-order valence-electron chi connectivity index (χ0n) is 20.6. The first kappa shape index (κ1) is 25.7. The van der Waals surface area contributed by atoms with Crippen LogP contribution in [0.5, 0.6) is 0 Å². The number of aliphatic hydroxyl groups is 1. The van der Waals surface area contributed by atoms with Crippen LogP contribution < -0.4 is 21.7 Å². The number of hydrogen-bond acceptors (Lipinski definition) is 8. The van der Waals surface area contributed by atoms with Gasteiger partial charge in [0.2, 0.25) is 0 Å². The number of aliphatic imine (C=N–C) groups is 2. The van der Waals surface area contributed by atoms with Crippen LogP contribution in [0.4, 0.5) is 5.69 Å². The van der Waals surface area contributed by atoms with Crippen LogP contribution in [0.15, 0.2) is 58.8 Å². The Morgan fingerprint density at radius 1 is 1.43 bits per heavy atom. The van der Waals surface area contributed by atoms with Crippen molar-refractivity contribution in [2.75, 3.05) is 25.5 Å². The van der Waals surface area contributed by atoms with Gasteiger partial charge in [0.25, 0.3) is 0 Å². The van der Waals surface area contributed by atoms with E-state index in [1.807, 2.05) is 31.3 Å². The summed E-state index contributed by atoms with van der Waals surface area (Å²) in [7, 11) is 5.23. The van der Waals surface area contributed by atoms with Crippen molar-refractivity contribution in [3.05, 3.63) is 65.6 Å². The molecule has 0 spiro atoms. The number of nitrogens with one attached hydrogen (secondary N) is 1. The maximum absolute atomic E-state index is 11.5. The molecule has 1 aromatic carbocycles. The monoisotopic (exact) mass is 474 g/mol. The quantitative estimate of drug-likeness (QED) is 0.234. The molecule has 3 rings (SSSR count). The van der Waals surface area contributed by atoms with Gasteiger partial charge in [0.05, 0.1) is 12.7 Å². The van der Waals surface area contributed by atoms with Gasteiger partial charge >= 0.3 is 0 Å². The summed E-state index contributed by atoms with van der Waals surface area (Å²) < 4.78 is 1.68. The molecule has 2 aromatic rings. The number of anilines is 1. The van der Waals surface area contributed by atoms with Gasteiger partial charge in [-0.25, -0.2) is 0 Å². The average Bonchev–Trinajstić information content (AvgIpc) is 3.48. The summed E-state index contributed by atoms with van der Waals surface area (Å²) in [5.41, 5.74) is 16.3. The molecule has 2 unspecified atom stereocenters. The zero-order valence-corrected chi connectivity index (χ0v) is 20.6. The predicted octanol–water partition coefficient (Wildman–Crippen LogP) is 1.35. The smallest absolute Gasteiger partial charge is 0.157 e. The summed E-state index contributed by atoms with van der Waals surface area (Å²) in [6.45, 7) is 8.09. The van der Waals surface area contributed by atoms with Crippen molar-refractivity contribution in [2.45, 2.75) is 30.7 Å². The van der Waals surface area contributed by atoms with E-state index in [9.17, 15) is 5.11 Å². The van der Waals surface area contributed by atoms with Gasteiger partial charge in [-0.2, -0.15) is 5.10 Å². The minimum atomic E-state index is -1.17. The molecule has 1 heterocycles. The lowest BCUT2D eigenvalue weighted by Gasteiger charge is -2.36. The highest BCUT2D eigenvalue weighted by Gasteiger charge is 2.40. The third-order valence-corrected chi connectivity index (χ3v) is 6.12. The van der Waals surface area contributed by atoms with Gasteiger partial charge in [-0.3, -0.25) is 14.7 Å². The second-order valence-electron chi connectivity index (χ2n) is 8.48. The first-order valence-electron chi connectivity index (χ1n) is 11.3. The first-order chi connectivity index (χ1) is 16.8. The third-order valence-electron chi connectivity index (χ3n) is 6.12. The topological polar surface area (TPSA) is 130 Å². The first-order valence-corrected chi connectivity index (χ1v) is 11.3. The van der Waals surface area contributed by atoms with Gasteiger partial charge in [0.15, 0.2) is 6.23 Å². The highest BCUT2D eigenvalue weighted by molar-refractivity contribution is 5.83. The molecule has 2 atom stereocenters. The van der Waals surface area contributed by atoms with Gasteiger partial charge in [-0.15, -0.1) is 0 Å². The largest absolute Gasteiger partial charge is 0.404 e. The van der Waals surface area contributed by atoms with Crippen LogP contribution in [-0.2, 0) is 12.6 Å². The lowest BCUT2D eigenvalue weighted by molar-refractivity contribution is 0.205. The number of aromatic nitrogens is 2. The fraction of sp³-hybridized carbons (Fsp3) is 0.346. The lowest BCUT2D eigenvalue weighted by atomic mass is 9.98. The fourth-order valence-electron chi connectivity index (χ4n) is 3.83. The van der Waals surface area contributed by atoms with Crippen LogP contribution in [-0.4, -0.2) is 60.7 Å². The van der Waals surface area contributed by atoms with Gasteiger partial charge in [0.1, 0.15) is 11.7 Å². The van der Waals surface area contributed by atoms with Crippen LogP contribution in [0.25, 0.3) is 5.70 Å². The van der Waals surface area contributed by atoms with Crippen molar-refractivity contribution in [1.29, 1.82) is 0 Å². The predicted molar refractivity (Wildman–Crippen MR) is 143 cm³/mol. The number of aryl methyl sites for hydroxylation is 1. The number of benzene rings is 1. The number of rotatable bonds is 10. The number of nitrogens with zero attached hydrogens (tertiary/aromatic N) is 5. The highest BCUT2D eigenvalue weighted by atomic mass is 16.3. The van der Waals surface area contributed by atoms with Crippen molar-refractivity contribution in [3.8, 4) is 11.8 Å². The Morgan fingerprint density at radius 2 is 2.17 bits per heavy atom. The fourth-order valence-corrected chi connectivity index (χ4v) is 3.83. The van der Waals surface area contributed by atoms with E-state index < -0.39 is 12.3 Å². The van der Waals surface area contributed by atoms with Crippen LogP contribution in [0.2, 0.25) is 0 Å². The van der Waals surface area contributed by atoms with E-state index >= 15 is 0 Å². The van der Waals surface area contributed by atoms with E-state index in [0.29, 0.717) is 17.0 Å². The molecule has 1 aliphatic rings. The molecule has 1 aliphatic carbocycles. The van der Waals surface area contributed by atoms with Gasteiger partial charge in [-0.05, 0) is 49.2 Å². The number of aliphatic hydroxyl groups excluding tert-OH is 1. The van der Waals surface area contributed by atoms with E-state index in [2.05, 4.69) is 45.5 Å². The summed E-state index contributed by atoms with van der Waals surface area (Å²) in [4.78, 5) is 9.92. The molecule has 184 valence electrons. The molecule has 35 heavy (non-hydrogen) atoms. The van der Waals surface area contributed by atoms with E-state index in [0.717, 1.165) is 29.7 Å². The van der Waals surface area contributed by atoms with Crippen LogP contribution in [0.3, 0.4) is 0 Å². The van der Waals surface area contributed by atoms with Crippen LogP contribution in [0, 0.1) is 11.8 Å². The minimum Gasteiger partial charge on any atom is -0.404 e. The third kappa shape index (κ3) is 5.62. The Balaban J connectivity index is 2.21. The Labute approximate surface area is 206 Å².